The first-order valence-corrected chi connectivity index (χ1v) is 6.02. The Morgan fingerprint density at radius 3 is 2.47 bits per heavy atom. The Labute approximate surface area is 114 Å². The Hall–Kier alpha value is -2.40. The second-order valence-corrected chi connectivity index (χ2v) is 4.33. The molecule has 0 bridgehead atoms. The SMILES string of the molecule is Nc1cc(-c2ccccc2)nn1-c1ccc(Cl)nn1. The maximum atomic E-state index is 5.95. The zero-order valence-corrected chi connectivity index (χ0v) is 10.6. The second kappa shape index (κ2) is 4.70. The molecule has 2 heterocycles. The Bertz CT molecular complexity index is 691. The molecule has 0 radical (unpaired) electrons. The van der Waals surface area contributed by atoms with E-state index < -0.39 is 0 Å². The van der Waals surface area contributed by atoms with Crippen molar-refractivity contribution in [3.8, 4) is 17.1 Å². The Kier molecular flexibility index (Phi) is 2.89. The molecule has 19 heavy (non-hydrogen) atoms. The van der Waals surface area contributed by atoms with Crippen molar-refractivity contribution in [2.24, 2.45) is 0 Å². The molecule has 0 aliphatic carbocycles. The Balaban J connectivity index is 2.05. The van der Waals surface area contributed by atoms with Crippen LogP contribution in [0.2, 0.25) is 5.15 Å². The van der Waals surface area contributed by atoms with Crippen molar-refractivity contribution in [2.45, 2.75) is 0 Å². The van der Waals surface area contributed by atoms with Gasteiger partial charge in [-0.1, -0.05) is 41.9 Å². The molecule has 94 valence electrons. The molecule has 0 aliphatic heterocycles. The Morgan fingerprint density at radius 1 is 1.00 bits per heavy atom. The van der Waals surface area contributed by atoms with Crippen molar-refractivity contribution < 1.29 is 0 Å². The van der Waals surface area contributed by atoms with E-state index in [4.69, 9.17) is 17.3 Å². The van der Waals surface area contributed by atoms with Gasteiger partial charge >= 0.3 is 0 Å². The van der Waals surface area contributed by atoms with E-state index in [1.54, 1.807) is 18.2 Å². The molecule has 0 aliphatic rings. The van der Waals surface area contributed by atoms with Crippen LogP contribution in [-0.2, 0) is 0 Å². The molecule has 2 aromatic heterocycles. The topological polar surface area (TPSA) is 69.6 Å². The summed E-state index contributed by atoms with van der Waals surface area (Å²) in [6, 6.07) is 15.0. The minimum absolute atomic E-state index is 0.331. The van der Waals surface area contributed by atoms with Gasteiger partial charge in [0.25, 0.3) is 0 Å². The van der Waals surface area contributed by atoms with Crippen LogP contribution in [-0.4, -0.2) is 20.0 Å². The van der Waals surface area contributed by atoms with Crippen molar-refractivity contribution in [1.29, 1.82) is 0 Å². The maximum Gasteiger partial charge on any atom is 0.178 e. The van der Waals surface area contributed by atoms with E-state index in [1.165, 1.54) is 4.68 Å². The van der Waals surface area contributed by atoms with Gasteiger partial charge in [0, 0.05) is 11.6 Å². The van der Waals surface area contributed by atoms with Crippen LogP contribution in [0.25, 0.3) is 17.1 Å². The van der Waals surface area contributed by atoms with Crippen LogP contribution >= 0.6 is 11.6 Å². The molecule has 0 saturated carbocycles. The quantitative estimate of drug-likeness (QED) is 0.778. The van der Waals surface area contributed by atoms with Crippen molar-refractivity contribution >= 4 is 17.4 Å². The van der Waals surface area contributed by atoms with E-state index in [-0.39, 0.29) is 0 Å². The van der Waals surface area contributed by atoms with Gasteiger partial charge in [0.1, 0.15) is 5.82 Å². The molecule has 1 aromatic carbocycles. The monoisotopic (exact) mass is 271 g/mol. The molecular formula is C13H10ClN5. The van der Waals surface area contributed by atoms with E-state index >= 15 is 0 Å². The minimum atomic E-state index is 0.331. The fourth-order valence-electron chi connectivity index (χ4n) is 1.75. The summed E-state index contributed by atoms with van der Waals surface area (Å²) in [4.78, 5) is 0. The van der Waals surface area contributed by atoms with E-state index in [2.05, 4.69) is 15.3 Å². The molecule has 3 rings (SSSR count). The predicted molar refractivity (Wildman–Crippen MR) is 74.0 cm³/mol. The first kappa shape index (κ1) is 11.7. The van der Waals surface area contributed by atoms with Gasteiger partial charge in [-0.05, 0) is 12.1 Å². The standard InChI is InChI=1S/C13H10ClN5/c14-11-6-7-13(17-16-11)19-12(15)8-10(18-19)9-4-2-1-3-5-9/h1-8H,15H2. The summed E-state index contributed by atoms with van der Waals surface area (Å²) in [5.74, 6) is 1.03. The van der Waals surface area contributed by atoms with Gasteiger partial charge in [0.05, 0.1) is 5.69 Å². The first-order valence-electron chi connectivity index (χ1n) is 5.64. The third kappa shape index (κ3) is 2.28. The smallest absolute Gasteiger partial charge is 0.178 e. The van der Waals surface area contributed by atoms with E-state index in [0.717, 1.165) is 11.3 Å². The lowest BCUT2D eigenvalue weighted by Gasteiger charge is -2.01. The van der Waals surface area contributed by atoms with Crippen LogP contribution in [0.15, 0.2) is 48.5 Å². The third-order valence-corrected chi connectivity index (χ3v) is 2.84. The first-order chi connectivity index (χ1) is 9.24. The van der Waals surface area contributed by atoms with Crippen LogP contribution in [0.5, 0.6) is 0 Å². The van der Waals surface area contributed by atoms with Gasteiger partial charge in [-0.3, -0.25) is 0 Å². The van der Waals surface area contributed by atoms with Crippen LogP contribution in [0.3, 0.4) is 0 Å². The summed E-state index contributed by atoms with van der Waals surface area (Å²) in [6.07, 6.45) is 0. The number of nitrogens with two attached hydrogens (primary N) is 1. The average Bonchev–Trinajstić information content (AvgIpc) is 2.83. The highest BCUT2D eigenvalue weighted by atomic mass is 35.5. The van der Waals surface area contributed by atoms with Crippen molar-refractivity contribution in [3.63, 3.8) is 0 Å². The van der Waals surface area contributed by atoms with Gasteiger partial charge in [0.15, 0.2) is 11.0 Å². The normalized spacial score (nSPS) is 10.6. The lowest BCUT2D eigenvalue weighted by molar-refractivity contribution is 0.825. The van der Waals surface area contributed by atoms with E-state index in [1.807, 2.05) is 30.3 Å². The average molecular weight is 272 g/mol. The minimum Gasteiger partial charge on any atom is -0.384 e. The zero-order chi connectivity index (χ0) is 13.2. The van der Waals surface area contributed by atoms with Gasteiger partial charge in [-0.25, -0.2) is 0 Å². The lowest BCUT2D eigenvalue weighted by Crippen LogP contribution is -2.04. The lowest BCUT2D eigenvalue weighted by atomic mass is 10.2. The van der Waals surface area contributed by atoms with Crippen molar-refractivity contribution in [3.05, 3.63) is 53.7 Å². The van der Waals surface area contributed by atoms with Crippen LogP contribution in [0.1, 0.15) is 0 Å². The molecule has 0 unspecified atom stereocenters. The highest BCUT2D eigenvalue weighted by Crippen LogP contribution is 2.21. The van der Waals surface area contributed by atoms with Gasteiger partial charge in [-0.15, -0.1) is 10.2 Å². The number of aromatic nitrogens is 4. The largest absolute Gasteiger partial charge is 0.384 e. The summed E-state index contributed by atoms with van der Waals surface area (Å²) in [7, 11) is 0. The summed E-state index contributed by atoms with van der Waals surface area (Å²) < 4.78 is 1.53. The van der Waals surface area contributed by atoms with Crippen molar-refractivity contribution in [2.75, 3.05) is 5.73 Å². The number of halogens is 1. The molecule has 0 fully saturated rings. The third-order valence-electron chi connectivity index (χ3n) is 2.64. The van der Waals surface area contributed by atoms with Crippen LogP contribution in [0, 0.1) is 0 Å². The number of hydrogen-bond donors (Lipinski definition) is 1. The number of hydrogen-bond acceptors (Lipinski definition) is 4. The van der Waals surface area contributed by atoms with E-state index in [0.29, 0.717) is 16.8 Å². The van der Waals surface area contributed by atoms with Crippen molar-refractivity contribution in [1.82, 2.24) is 20.0 Å². The summed E-state index contributed by atoms with van der Waals surface area (Å²) in [5, 5.41) is 12.5. The molecule has 0 spiro atoms. The predicted octanol–water partition coefficient (Wildman–Crippen LogP) is 2.56. The molecule has 2 N–H and O–H groups in total. The molecule has 0 amide bonds. The summed E-state index contributed by atoms with van der Waals surface area (Å²) >= 11 is 5.71. The zero-order valence-electron chi connectivity index (χ0n) is 9.86. The molecule has 6 heteroatoms. The number of benzene rings is 1. The van der Waals surface area contributed by atoms with Gasteiger partial charge in [0.2, 0.25) is 0 Å². The van der Waals surface area contributed by atoms with Gasteiger partial charge in [-0.2, -0.15) is 9.78 Å². The highest BCUT2D eigenvalue weighted by Gasteiger charge is 2.09. The van der Waals surface area contributed by atoms with E-state index in [9.17, 15) is 0 Å². The second-order valence-electron chi connectivity index (χ2n) is 3.95. The molecule has 5 nitrogen and oxygen atoms in total. The highest BCUT2D eigenvalue weighted by molar-refractivity contribution is 6.29. The molecular weight excluding hydrogens is 262 g/mol. The van der Waals surface area contributed by atoms with Crippen LogP contribution < -0.4 is 5.73 Å². The fraction of sp³-hybridized carbons (Fsp3) is 0. The summed E-state index contributed by atoms with van der Waals surface area (Å²) in [6.45, 7) is 0. The van der Waals surface area contributed by atoms with Crippen LogP contribution in [0.4, 0.5) is 5.82 Å². The molecule has 3 aromatic rings. The number of rotatable bonds is 2. The maximum absolute atomic E-state index is 5.95. The summed E-state index contributed by atoms with van der Waals surface area (Å²) in [5.41, 5.74) is 7.73. The fourth-order valence-corrected chi connectivity index (χ4v) is 1.85. The number of anilines is 1. The van der Waals surface area contributed by atoms with Gasteiger partial charge < -0.3 is 5.73 Å². The Morgan fingerprint density at radius 2 is 1.79 bits per heavy atom. The molecule has 0 saturated heterocycles. The number of nitrogen functional groups attached to an aromatic ring is 1. The molecule has 0 atom stereocenters. The number of nitrogens with zero attached hydrogens (tertiary/aromatic N) is 4.